The lowest BCUT2D eigenvalue weighted by Gasteiger charge is -2.24. The topological polar surface area (TPSA) is 66.5 Å². The highest BCUT2D eigenvalue weighted by Crippen LogP contribution is 2.35. The van der Waals surface area contributed by atoms with E-state index in [4.69, 9.17) is 0 Å². The molecule has 1 heterocycles. The standard InChI is InChI=1S/C17H22N2O3S/c1-11(2)23-15-6-4-5-13-14(15)9-19(17(13)22)12(3)7-8-16(21)18-10-20/h4-6,10-12H,7-9H2,1-3H3,(H,18,20,21). The van der Waals surface area contributed by atoms with Crippen LogP contribution in [-0.4, -0.2) is 34.4 Å². The fourth-order valence-corrected chi connectivity index (χ4v) is 3.66. The molecule has 0 spiro atoms. The molecule has 2 rings (SSSR count). The van der Waals surface area contributed by atoms with E-state index in [0.29, 0.717) is 24.6 Å². The summed E-state index contributed by atoms with van der Waals surface area (Å²) in [6, 6.07) is 5.80. The van der Waals surface area contributed by atoms with E-state index in [1.54, 1.807) is 11.8 Å². The van der Waals surface area contributed by atoms with Gasteiger partial charge in [0.1, 0.15) is 0 Å². The van der Waals surface area contributed by atoms with Gasteiger partial charge in [0.15, 0.2) is 0 Å². The van der Waals surface area contributed by atoms with Crippen molar-refractivity contribution in [2.24, 2.45) is 0 Å². The van der Waals surface area contributed by atoms with Crippen LogP contribution in [0.2, 0.25) is 0 Å². The summed E-state index contributed by atoms with van der Waals surface area (Å²) < 4.78 is 0. The van der Waals surface area contributed by atoms with Gasteiger partial charge in [-0.05, 0) is 31.0 Å². The second-order valence-corrected chi connectivity index (χ2v) is 7.57. The molecule has 0 aliphatic carbocycles. The molecule has 1 N–H and O–H groups in total. The number of benzene rings is 1. The number of imide groups is 1. The van der Waals surface area contributed by atoms with Crippen molar-refractivity contribution in [1.29, 1.82) is 0 Å². The maximum absolute atomic E-state index is 12.6. The van der Waals surface area contributed by atoms with Crippen molar-refractivity contribution in [2.75, 3.05) is 0 Å². The van der Waals surface area contributed by atoms with E-state index >= 15 is 0 Å². The van der Waals surface area contributed by atoms with Gasteiger partial charge in [-0.3, -0.25) is 19.7 Å². The molecule has 0 saturated heterocycles. The fraction of sp³-hybridized carbons (Fsp3) is 0.471. The first kappa shape index (κ1) is 17.5. The first-order valence-electron chi connectivity index (χ1n) is 7.76. The zero-order chi connectivity index (χ0) is 17.0. The molecule has 0 fully saturated rings. The SMILES string of the molecule is CC(C)Sc1cccc2c1CN(C(C)CCC(=O)NC=O)C2=O. The number of carbonyl (C=O) groups excluding carboxylic acids is 3. The minimum Gasteiger partial charge on any atom is -0.332 e. The fourth-order valence-electron chi connectivity index (χ4n) is 2.68. The smallest absolute Gasteiger partial charge is 0.254 e. The van der Waals surface area contributed by atoms with Crippen LogP contribution in [0.4, 0.5) is 0 Å². The number of amides is 3. The second kappa shape index (κ2) is 7.64. The van der Waals surface area contributed by atoms with Gasteiger partial charge in [0.2, 0.25) is 12.3 Å². The summed E-state index contributed by atoms with van der Waals surface area (Å²) in [6.07, 6.45) is 1.15. The van der Waals surface area contributed by atoms with Crippen LogP contribution >= 0.6 is 11.8 Å². The summed E-state index contributed by atoms with van der Waals surface area (Å²) in [5.41, 5.74) is 1.85. The zero-order valence-electron chi connectivity index (χ0n) is 13.7. The number of carbonyl (C=O) groups is 3. The maximum atomic E-state index is 12.6. The van der Waals surface area contributed by atoms with E-state index in [9.17, 15) is 14.4 Å². The van der Waals surface area contributed by atoms with Crippen molar-refractivity contribution in [3.05, 3.63) is 29.3 Å². The Hall–Kier alpha value is -1.82. The third-order valence-electron chi connectivity index (χ3n) is 3.86. The molecule has 6 heteroatoms. The Bertz CT molecular complexity index is 616. The molecule has 0 saturated carbocycles. The van der Waals surface area contributed by atoms with Gasteiger partial charge >= 0.3 is 0 Å². The van der Waals surface area contributed by atoms with Crippen molar-refractivity contribution in [3.8, 4) is 0 Å². The predicted molar refractivity (Wildman–Crippen MR) is 90.2 cm³/mol. The zero-order valence-corrected chi connectivity index (χ0v) is 14.5. The van der Waals surface area contributed by atoms with Crippen LogP contribution < -0.4 is 5.32 Å². The molecule has 124 valence electrons. The van der Waals surface area contributed by atoms with Crippen molar-refractivity contribution < 1.29 is 14.4 Å². The van der Waals surface area contributed by atoms with Gasteiger partial charge in [-0.1, -0.05) is 19.9 Å². The van der Waals surface area contributed by atoms with E-state index in [1.165, 1.54) is 0 Å². The van der Waals surface area contributed by atoms with Crippen LogP contribution in [0.3, 0.4) is 0 Å². The molecule has 1 unspecified atom stereocenters. The highest BCUT2D eigenvalue weighted by atomic mass is 32.2. The molecule has 1 aromatic rings. The van der Waals surface area contributed by atoms with Gasteiger partial charge in [-0.15, -0.1) is 11.8 Å². The van der Waals surface area contributed by atoms with Gasteiger partial charge in [0.05, 0.1) is 0 Å². The predicted octanol–water partition coefficient (Wildman–Crippen LogP) is 2.58. The molecule has 0 aromatic heterocycles. The number of thioether (sulfide) groups is 1. The Morgan fingerprint density at radius 2 is 2.13 bits per heavy atom. The summed E-state index contributed by atoms with van der Waals surface area (Å²) >= 11 is 1.76. The van der Waals surface area contributed by atoms with Gasteiger partial charge < -0.3 is 4.90 Å². The second-order valence-electron chi connectivity index (χ2n) is 5.95. The molecule has 1 aliphatic rings. The Balaban J connectivity index is 2.08. The average molecular weight is 334 g/mol. The Kier molecular flexibility index (Phi) is 5.82. The third-order valence-corrected chi connectivity index (χ3v) is 4.96. The van der Waals surface area contributed by atoms with Crippen LogP contribution in [-0.2, 0) is 16.1 Å². The van der Waals surface area contributed by atoms with E-state index in [-0.39, 0.29) is 24.3 Å². The molecule has 23 heavy (non-hydrogen) atoms. The summed E-state index contributed by atoms with van der Waals surface area (Å²) in [4.78, 5) is 37.2. The highest BCUT2D eigenvalue weighted by Gasteiger charge is 2.32. The molecule has 0 bridgehead atoms. The summed E-state index contributed by atoms with van der Waals surface area (Å²) in [6.45, 7) is 6.79. The largest absolute Gasteiger partial charge is 0.332 e. The van der Waals surface area contributed by atoms with Crippen LogP contribution in [0.15, 0.2) is 23.1 Å². The molecule has 1 aliphatic heterocycles. The molecule has 3 amide bonds. The van der Waals surface area contributed by atoms with Gasteiger partial charge in [-0.2, -0.15) is 0 Å². The Morgan fingerprint density at radius 3 is 2.78 bits per heavy atom. The number of rotatable bonds is 7. The number of nitrogens with one attached hydrogen (secondary N) is 1. The summed E-state index contributed by atoms with van der Waals surface area (Å²) in [5.74, 6) is -0.290. The lowest BCUT2D eigenvalue weighted by Crippen LogP contribution is -2.34. The molecular formula is C17H22N2O3S. The number of hydrogen-bond acceptors (Lipinski definition) is 4. The molecular weight excluding hydrogens is 312 g/mol. The Morgan fingerprint density at radius 1 is 1.39 bits per heavy atom. The monoisotopic (exact) mass is 334 g/mol. The van der Waals surface area contributed by atoms with Crippen molar-refractivity contribution >= 4 is 30.0 Å². The van der Waals surface area contributed by atoms with Crippen molar-refractivity contribution in [3.63, 3.8) is 0 Å². The van der Waals surface area contributed by atoms with E-state index in [1.807, 2.05) is 24.0 Å². The van der Waals surface area contributed by atoms with Gasteiger partial charge in [0, 0.05) is 34.7 Å². The van der Waals surface area contributed by atoms with E-state index in [0.717, 1.165) is 16.0 Å². The van der Waals surface area contributed by atoms with Gasteiger partial charge in [0.25, 0.3) is 5.91 Å². The third kappa shape index (κ3) is 4.13. The van der Waals surface area contributed by atoms with Crippen LogP contribution in [0.1, 0.15) is 49.5 Å². The lowest BCUT2D eigenvalue weighted by atomic mass is 10.1. The Labute approximate surface area is 140 Å². The summed E-state index contributed by atoms with van der Waals surface area (Å²) in [7, 11) is 0. The van der Waals surface area contributed by atoms with Crippen LogP contribution in [0.5, 0.6) is 0 Å². The van der Waals surface area contributed by atoms with Crippen molar-refractivity contribution in [2.45, 2.75) is 56.3 Å². The molecule has 1 aromatic carbocycles. The summed E-state index contributed by atoms with van der Waals surface area (Å²) in [5, 5.41) is 2.58. The quantitative estimate of drug-likeness (QED) is 0.615. The normalized spacial score (nSPS) is 14.8. The highest BCUT2D eigenvalue weighted by molar-refractivity contribution is 8.00. The van der Waals surface area contributed by atoms with E-state index < -0.39 is 0 Å². The van der Waals surface area contributed by atoms with Gasteiger partial charge in [-0.25, -0.2) is 0 Å². The van der Waals surface area contributed by atoms with E-state index in [2.05, 4.69) is 25.2 Å². The minimum atomic E-state index is -0.313. The van der Waals surface area contributed by atoms with Crippen LogP contribution in [0, 0.1) is 0 Å². The lowest BCUT2D eigenvalue weighted by molar-refractivity contribution is -0.125. The van der Waals surface area contributed by atoms with Crippen molar-refractivity contribution in [1.82, 2.24) is 10.2 Å². The first-order valence-corrected chi connectivity index (χ1v) is 8.64. The maximum Gasteiger partial charge on any atom is 0.254 e. The average Bonchev–Trinajstić information content (AvgIpc) is 2.83. The molecule has 0 radical (unpaired) electrons. The molecule has 1 atom stereocenters. The molecule has 5 nitrogen and oxygen atoms in total. The first-order chi connectivity index (χ1) is 10.9. The number of fused-ring (bicyclic) bond motifs is 1. The number of hydrogen-bond donors (Lipinski definition) is 1. The number of nitrogens with zero attached hydrogens (tertiary/aromatic N) is 1. The minimum absolute atomic E-state index is 0.0227. The van der Waals surface area contributed by atoms with Crippen LogP contribution in [0.25, 0.3) is 0 Å².